The number of aliphatic hydroxyl groups excluding tert-OH is 1. The van der Waals surface area contributed by atoms with Crippen LogP contribution < -0.4 is 4.90 Å². The van der Waals surface area contributed by atoms with Crippen LogP contribution in [0.5, 0.6) is 0 Å². The molecule has 5 aliphatic rings. The van der Waals surface area contributed by atoms with Gasteiger partial charge < -0.3 is 20.0 Å². The summed E-state index contributed by atoms with van der Waals surface area (Å²) in [5, 5.41) is 22.7. The predicted octanol–water partition coefficient (Wildman–Crippen LogP) is 5.50. The van der Waals surface area contributed by atoms with E-state index in [0.29, 0.717) is 17.8 Å². The molecular weight excluding hydrogens is 500 g/mol. The molecule has 6 nitrogen and oxygen atoms in total. The second-order valence-corrected chi connectivity index (χ2v) is 12.8. The van der Waals surface area contributed by atoms with Crippen molar-refractivity contribution in [3.63, 3.8) is 0 Å². The van der Waals surface area contributed by atoms with Gasteiger partial charge in [0.05, 0.1) is 24.3 Å². The number of hydrogen-bond acceptors (Lipinski definition) is 6. The molecule has 0 spiro atoms. The zero-order valence-corrected chi connectivity index (χ0v) is 24.1. The van der Waals surface area contributed by atoms with Crippen molar-refractivity contribution in [2.45, 2.75) is 65.2 Å². The summed E-state index contributed by atoms with van der Waals surface area (Å²) in [4.78, 5) is 15.8. The molecule has 1 saturated heterocycles. The number of carbonyl (C=O) groups is 1. The van der Waals surface area contributed by atoms with Crippen LogP contribution in [0, 0.1) is 40.4 Å². The van der Waals surface area contributed by atoms with E-state index in [0.717, 1.165) is 70.5 Å². The minimum Gasteiger partial charge on any atom is -0.411 e. The highest BCUT2D eigenvalue weighted by Crippen LogP contribution is 2.70. The van der Waals surface area contributed by atoms with Gasteiger partial charge in [0.25, 0.3) is 0 Å². The Morgan fingerprint density at radius 1 is 1.20 bits per heavy atom. The number of morpholine rings is 1. The minimum atomic E-state index is -0.731. The molecule has 1 aliphatic heterocycles. The summed E-state index contributed by atoms with van der Waals surface area (Å²) in [7, 11) is 0. The lowest BCUT2D eigenvalue weighted by Gasteiger charge is -2.55. The Balaban J connectivity index is 1.49. The molecular formula is C34H42N2O4. The number of benzene rings is 1. The fourth-order valence-corrected chi connectivity index (χ4v) is 9.17. The lowest BCUT2D eigenvalue weighted by molar-refractivity contribution is -0.130. The van der Waals surface area contributed by atoms with Gasteiger partial charge in [-0.05, 0) is 104 Å². The Hall–Kier alpha value is -2.88. The third-order valence-electron chi connectivity index (χ3n) is 11.1. The number of rotatable bonds is 3. The normalized spacial score (nSPS) is 36.2. The standard InChI is InChI=1S/C34H42N2O4/c1-22-19-29-31-11-13-34(23(2)38,12-4-16-37)33(31,3)21-30(32(29)27-10-7-25(35-39)20-28(22)27)24-5-8-26(9-6-24)36-14-17-40-18-15-36/h5-6,8-9,20,22,29-31,37,39H,7,10-11,13-19,21H2,1-3H3/b35-25+/t22?,29-,30+,31-,33-,34+/m0/s1. The molecule has 4 aliphatic carbocycles. The lowest BCUT2D eigenvalue weighted by Crippen LogP contribution is -2.50. The summed E-state index contributed by atoms with van der Waals surface area (Å²) in [6.45, 7) is 9.45. The molecule has 2 saturated carbocycles. The number of allylic oxidation sites excluding steroid dienone is 4. The highest BCUT2D eigenvalue weighted by Gasteiger charge is 2.65. The van der Waals surface area contributed by atoms with Crippen molar-refractivity contribution in [2.24, 2.45) is 33.7 Å². The van der Waals surface area contributed by atoms with Crippen LogP contribution in [0.2, 0.25) is 0 Å². The van der Waals surface area contributed by atoms with Gasteiger partial charge in [-0.25, -0.2) is 0 Å². The first-order chi connectivity index (χ1) is 19.3. The third-order valence-corrected chi connectivity index (χ3v) is 11.1. The first-order valence-corrected chi connectivity index (χ1v) is 15.0. The van der Waals surface area contributed by atoms with Crippen LogP contribution in [0.15, 0.2) is 52.2 Å². The number of Topliss-reactive ketones (excluding diaryl/α,β-unsaturated/α-hetero) is 1. The Morgan fingerprint density at radius 3 is 2.62 bits per heavy atom. The Morgan fingerprint density at radius 2 is 1.95 bits per heavy atom. The molecule has 6 atom stereocenters. The molecule has 0 aromatic heterocycles. The Kier molecular flexibility index (Phi) is 7.17. The van der Waals surface area contributed by atoms with Gasteiger partial charge in [-0.15, -0.1) is 0 Å². The molecule has 0 radical (unpaired) electrons. The van der Waals surface area contributed by atoms with Gasteiger partial charge >= 0.3 is 0 Å². The number of hydrogen-bond donors (Lipinski definition) is 2. The molecule has 0 bridgehead atoms. The third kappa shape index (κ3) is 4.16. The van der Waals surface area contributed by atoms with E-state index in [-0.39, 0.29) is 23.7 Å². The number of anilines is 1. The van der Waals surface area contributed by atoms with Crippen LogP contribution in [-0.4, -0.2) is 54.7 Å². The number of oxime groups is 1. The SMILES string of the molecule is CC(=O)[C@@]1(C#CCO)CC[C@H]2[C@@H]3CC(C)C4=C/C(=N/O)CCC4=C3[C@@H](c3ccc(N4CCOCC4)cc3)C[C@@]21C. The summed E-state index contributed by atoms with van der Waals surface area (Å²) < 4.78 is 5.56. The van der Waals surface area contributed by atoms with Crippen molar-refractivity contribution in [3.8, 4) is 11.8 Å². The second kappa shape index (κ2) is 10.5. The quantitative estimate of drug-likeness (QED) is 0.299. The smallest absolute Gasteiger partial charge is 0.148 e. The van der Waals surface area contributed by atoms with Crippen LogP contribution in [-0.2, 0) is 9.53 Å². The lowest BCUT2D eigenvalue weighted by atomic mass is 9.47. The van der Waals surface area contributed by atoms with Crippen LogP contribution >= 0.6 is 0 Å². The fraction of sp³-hybridized carbons (Fsp3) is 0.588. The maximum absolute atomic E-state index is 13.5. The van der Waals surface area contributed by atoms with E-state index < -0.39 is 5.41 Å². The molecule has 1 heterocycles. The largest absolute Gasteiger partial charge is 0.411 e. The summed E-state index contributed by atoms with van der Waals surface area (Å²) in [6.07, 6.45) is 7.42. The molecule has 1 aromatic carbocycles. The molecule has 0 amide bonds. The Labute approximate surface area is 238 Å². The van der Waals surface area contributed by atoms with E-state index in [1.165, 1.54) is 22.4 Å². The molecule has 3 fully saturated rings. The van der Waals surface area contributed by atoms with E-state index in [4.69, 9.17) is 4.74 Å². The van der Waals surface area contributed by atoms with Crippen molar-refractivity contribution in [3.05, 3.63) is 52.6 Å². The topological polar surface area (TPSA) is 82.4 Å². The molecule has 212 valence electrons. The fourth-order valence-electron chi connectivity index (χ4n) is 9.17. The average Bonchev–Trinajstić information content (AvgIpc) is 3.29. The maximum atomic E-state index is 13.5. The first-order valence-electron chi connectivity index (χ1n) is 15.0. The van der Waals surface area contributed by atoms with E-state index in [9.17, 15) is 15.1 Å². The zero-order valence-electron chi connectivity index (χ0n) is 24.1. The highest BCUT2D eigenvalue weighted by atomic mass is 16.5. The van der Waals surface area contributed by atoms with E-state index in [1.807, 2.05) is 0 Å². The van der Waals surface area contributed by atoms with Crippen LogP contribution in [0.25, 0.3) is 0 Å². The number of ether oxygens (including phenoxy) is 1. The number of nitrogens with zero attached hydrogens (tertiary/aromatic N) is 2. The van der Waals surface area contributed by atoms with Gasteiger partial charge in [0.15, 0.2) is 0 Å². The van der Waals surface area contributed by atoms with Crippen molar-refractivity contribution in [1.29, 1.82) is 0 Å². The monoisotopic (exact) mass is 542 g/mol. The molecule has 6 rings (SSSR count). The minimum absolute atomic E-state index is 0.141. The van der Waals surface area contributed by atoms with Crippen LogP contribution in [0.4, 0.5) is 5.69 Å². The first kappa shape index (κ1) is 27.3. The molecule has 2 N–H and O–H groups in total. The highest BCUT2D eigenvalue weighted by molar-refractivity contribution is 5.97. The van der Waals surface area contributed by atoms with Gasteiger partial charge in [0.1, 0.15) is 12.4 Å². The molecule has 1 aromatic rings. The van der Waals surface area contributed by atoms with E-state index in [1.54, 1.807) is 12.5 Å². The van der Waals surface area contributed by atoms with Crippen molar-refractivity contribution >= 4 is 17.2 Å². The average molecular weight is 543 g/mol. The summed E-state index contributed by atoms with van der Waals surface area (Å²) in [5.41, 5.74) is 6.64. The summed E-state index contributed by atoms with van der Waals surface area (Å²) in [6, 6.07) is 9.12. The number of aliphatic hydroxyl groups is 1. The number of fused-ring (bicyclic) bond motifs is 4. The molecule has 40 heavy (non-hydrogen) atoms. The summed E-state index contributed by atoms with van der Waals surface area (Å²) >= 11 is 0. The van der Waals surface area contributed by atoms with Gasteiger partial charge in [-0.2, -0.15) is 0 Å². The van der Waals surface area contributed by atoms with E-state index in [2.05, 4.69) is 66.1 Å². The summed E-state index contributed by atoms with van der Waals surface area (Å²) in [5.74, 6) is 7.71. The number of ketones is 1. The molecule has 1 unspecified atom stereocenters. The van der Waals surface area contributed by atoms with Crippen LogP contribution in [0.1, 0.15) is 70.8 Å². The van der Waals surface area contributed by atoms with Crippen molar-refractivity contribution < 1.29 is 19.8 Å². The zero-order chi connectivity index (χ0) is 28.1. The maximum Gasteiger partial charge on any atom is 0.148 e. The van der Waals surface area contributed by atoms with Gasteiger partial charge in [0.2, 0.25) is 0 Å². The Bertz CT molecular complexity index is 1330. The van der Waals surface area contributed by atoms with Gasteiger partial charge in [-0.1, -0.05) is 48.5 Å². The van der Waals surface area contributed by atoms with Gasteiger partial charge in [-0.3, -0.25) is 4.79 Å². The second-order valence-electron chi connectivity index (χ2n) is 12.8. The van der Waals surface area contributed by atoms with Crippen molar-refractivity contribution in [2.75, 3.05) is 37.8 Å². The van der Waals surface area contributed by atoms with Crippen molar-refractivity contribution in [1.82, 2.24) is 0 Å². The number of carbonyl (C=O) groups excluding carboxylic acids is 1. The van der Waals surface area contributed by atoms with Crippen LogP contribution in [0.3, 0.4) is 0 Å². The predicted molar refractivity (Wildman–Crippen MR) is 156 cm³/mol. The van der Waals surface area contributed by atoms with E-state index >= 15 is 0 Å². The molecule has 6 heteroatoms. The van der Waals surface area contributed by atoms with Gasteiger partial charge in [0, 0.05) is 24.7 Å².